The number of benzene rings is 2. The van der Waals surface area contributed by atoms with Crippen LogP contribution in [0.15, 0.2) is 65.1 Å². The van der Waals surface area contributed by atoms with Gasteiger partial charge in [0.1, 0.15) is 18.1 Å². The highest BCUT2D eigenvalue weighted by Crippen LogP contribution is 2.17. The van der Waals surface area contributed by atoms with Crippen molar-refractivity contribution in [1.82, 2.24) is 0 Å². The summed E-state index contributed by atoms with van der Waals surface area (Å²) in [4.78, 5) is 23.0. The minimum Gasteiger partial charge on any atom is -0.486 e. The van der Waals surface area contributed by atoms with E-state index in [1.807, 2.05) is 31.2 Å². The van der Waals surface area contributed by atoms with Crippen LogP contribution in [-0.2, 0) is 6.61 Å². The van der Waals surface area contributed by atoms with Crippen molar-refractivity contribution in [2.24, 2.45) is 0 Å². The van der Waals surface area contributed by atoms with E-state index < -0.39 is 11.9 Å². The Hall–Kier alpha value is -3.54. The van der Waals surface area contributed by atoms with Gasteiger partial charge in [0.05, 0.1) is 5.56 Å². The Bertz CT molecular complexity index is 910. The average molecular weight is 351 g/mol. The molecule has 0 atom stereocenters. The van der Waals surface area contributed by atoms with Crippen LogP contribution in [0.5, 0.6) is 5.75 Å². The number of carboxylic acid groups (broad SMARTS) is 1. The zero-order chi connectivity index (χ0) is 18.5. The van der Waals surface area contributed by atoms with Crippen molar-refractivity contribution in [3.63, 3.8) is 0 Å². The van der Waals surface area contributed by atoms with Gasteiger partial charge in [0.15, 0.2) is 5.76 Å². The Kier molecular flexibility index (Phi) is 5.03. The minimum absolute atomic E-state index is 0.148. The number of hydrogen-bond donors (Lipinski definition) is 2. The maximum atomic E-state index is 12.2. The molecule has 1 heterocycles. The highest BCUT2D eigenvalue weighted by Gasteiger charge is 2.12. The minimum atomic E-state index is -1.02. The lowest BCUT2D eigenvalue weighted by molar-refractivity contribution is 0.0696. The second-order valence-corrected chi connectivity index (χ2v) is 5.70. The van der Waals surface area contributed by atoms with Crippen molar-refractivity contribution in [1.29, 1.82) is 0 Å². The number of furan rings is 1. The van der Waals surface area contributed by atoms with Crippen LogP contribution in [0.1, 0.15) is 32.2 Å². The van der Waals surface area contributed by atoms with Crippen LogP contribution in [0.3, 0.4) is 0 Å². The summed E-state index contributed by atoms with van der Waals surface area (Å²) in [6.45, 7) is 2.21. The fraction of sp³-hybridized carbons (Fsp3) is 0.100. The van der Waals surface area contributed by atoms with Gasteiger partial charge in [0, 0.05) is 5.69 Å². The summed E-state index contributed by atoms with van der Waals surface area (Å²) in [6, 6.07) is 16.8. The first-order chi connectivity index (χ1) is 12.5. The van der Waals surface area contributed by atoms with E-state index in [9.17, 15) is 9.59 Å². The van der Waals surface area contributed by atoms with Gasteiger partial charge in [-0.25, -0.2) is 4.79 Å². The van der Waals surface area contributed by atoms with Crippen LogP contribution in [-0.4, -0.2) is 17.0 Å². The molecule has 0 saturated carbocycles. The maximum absolute atomic E-state index is 12.2. The quantitative estimate of drug-likeness (QED) is 0.697. The van der Waals surface area contributed by atoms with Gasteiger partial charge < -0.3 is 19.6 Å². The van der Waals surface area contributed by atoms with Gasteiger partial charge in [-0.1, -0.05) is 17.7 Å². The van der Waals surface area contributed by atoms with E-state index in [0.717, 1.165) is 11.3 Å². The number of amides is 1. The number of carbonyl (C=O) groups is 2. The zero-order valence-corrected chi connectivity index (χ0v) is 14.1. The predicted molar refractivity (Wildman–Crippen MR) is 95.6 cm³/mol. The Morgan fingerprint density at radius 2 is 1.69 bits per heavy atom. The first-order valence-electron chi connectivity index (χ1n) is 7.94. The van der Waals surface area contributed by atoms with Crippen molar-refractivity contribution in [2.45, 2.75) is 13.5 Å². The van der Waals surface area contributed by atoms with E-state index in [1.54, 1.807) is 12.1 Å². The molecule has 0 bridgehead atoms. The lowest BCUT2D eigenvalue weighted by Crippen LogP contribution is -2.11. The van der Waals surface area contributed by atoms with Crippen molar-refractivity contribution < 1.29 is 23.8 Å². The van der Waals surface area contributed by atoms with Gasteiger partial charge in [-0.2, -0.15) is 0 Å². The van der Waals surface area contributed by atoms with E-state index in [2.05, 4.69) is 5.32 Å². The second-order valence-electron chi connectivity index (χ2n) is 5.70. The molecule has 0 saturated heterocycles. The average Bonchev–Trinajstić information content (AvgIpc) is 3.11. The lowest BCUT2D eigenvalue weighted by atomic mass is 10.2. The molecule has 26 heavy (non-hydrogen) atoms. The van der Waals surface area contributed by atoms with Crippen LogP contribution >= 0.6 is 0 Å². The van der Waals surface area contributed by atoms with Gasteiger partial charge in [0.2, 0.25) is 0 Å². The monoisotopic (exact) mass is 351 g/mol. The van der Waals surface area contributed by atoms with E-state index in [4.69, 9.17) is 14.3 Å². The summed E-state index contributed by atoms with van der Waals surface area (Å²) in [5, 5.41) is 11.5. The summed E-state index contributed by atoms with van der Waals surface area (Å²) in [5.41, 5.74) is 1.77. The molecule has 0 aliphatic heterocycles. The van der Waals surface area contributed by atoms with Crippen LogP contribution in [0.4, 0.5) is 5.69 Å². The summed E-state index contributed by atoms with van der Waals surface area (Å²) < 4.78 is 11.1. The summed E-state index contributed by atoms with van der Waals surface area (Å²) >= 11 is 0. The van der Waals surface area contributed by atoms with E-state index in [-0.39, 0.29) is 17.9 Å². The molecule has 3 rings (SSSR count). The van der Waals surface area contributed by atoms with Crippen molar-refractivity contribution >= 4 is 17.6 Å². The Morgan fingerprint density at radius 3 is 2.35 bits per heavy atom. The molecule has 0 aliphatic rings. The van der Waals surface area contributed by atoms with Crippen molar-refractivity contribution in [3.05, 3.63) is 83.3 Å². The van der Waals surface area contributed by atoms with Crippen molar-refractivity contribution in [2.75, 3.05) is 5.32 Å². The van der Waals surface area contributed by atoms with Gasteiger partial charge in [0.25, 0.3) is 5.91 Å². The molecule has 0 spiro atoms. The van der Waals surface area contributed by atoms with Gasteiger partial charge >= 0.3 is 5.97 Å². The molecular formula is C20H17NO5. The smallest absolute Gasteiger partial charge is 0.335 e. The largest absolute Gasteiger partial charge is 0.486 e. The zero-order valence-electron chi connectivity index (χ0n) is 14.1. The molecule has 2 N–H and O–H groups in total. The van der Waals surface area contributed by atoms with Crippen LogP contribution in [0.25, 0.3) is 0 Å². The Balaban J connectivity index is 1.58. The Labute approximate surface area is 150 Å². The van der Waals surface area contributed by atoms with Crippen LogP contribution < -0.4 is 10.1 Å². The number of carbonyl (C=O) groups excluding carboxylic acids is 1. The van der Waals surface area contributed by atoms with Gasteiger partial charge in [-0.3, -0.25) is 4.79 Å². The number of carboxylic acids is 1. The van der Waals surface area contributed by atoms with Crippen LogP contribution in [0, 0.1) is 6.92 Å². The summed E-state index contributed by atoms with van der Waals surface area (Å²) in [5.74, 6) is -0.0509. The van der Waals surface area contributed by atoms with Gasteiger partial charge in [-0.15, -0.1) is 0 Å². The maximum Gasteiger partial charge on any atom is 0.335 e. The first-order valence-corrected chi connectivity index (χ1v) is 7.94. The molecule has 6 heteroatoms. The number of hydrogen-bond acceptors (Lipinski definition) is 4. The molecule has 0 aliphatic carbocycles. The number of rotatable bonds is 6. The fourth-order valence-electron chi connectivity index (χ4n) is 2.26. The molecule has 0 fully saturated rings. The third-order valence-electron chi connectivity index (χ3n) is 3.68. The molecule has 0 unspecified atom stereocenters. The number of nitrogens with one attached hydrogen (secondary N) is 1. The molecule has 6 nitrogen and oxygen atoms in total. The molecule has 3 aromatic rings. The van der Waals surface area contributed by atoms with E-state index >= 15 is 0 Å². The first kappa shape index (κ1) is 17.3. The predicted octanol–water partition coefficient (Wildman–Crippen LogP) is 4.12. The SMILES string of the molecule is Cc1ccc(OCc2ccc(C(=O)Nc3ccc(C(=O)O)cc3)o2)cc1. The number of aromatic carboxylic acids is 1. The summed E-state index contributed by atoms with van der Waals surface area (Å²) in [7, 11) is 0. The third kappa shape index (κ3) is 4.30. The molecule has 1 amide bonds. The molecule has 2 aromatic carbocycles. The van der Waals surface area contributed by atoms with Gasteiger partial charge in [-0.05, 0) is 55.5 Å². The molecule has 132 valence electrons. The van der Waals surface area contributed by atoms with Crippen LogP contribution in [0.2, 0.25) is 0 Å². The fourth-order valence-corrected chi connectivity index (χ4v) is 2.26. The third-order valence-corrected chi connectivity index (χ3v) is 3.68. The molecular weight excluding hydrogens is 334 g/mol. The number of aryl methyl sites for hydroxylation is 1. The standard InChI is InChI=1S/C20H17NO5/c1-13-2-8-16(9-3-13)25-12-17-10-11-18(26-17)19(22)21-15-6-4-14(5-7-15)20(23)24/h2-11H,12H2,1H3,(H,21,22)(H,23,24). The summed E-state index contributed by atoms with van der Waals surface area (Å²) in [6.07, 6.45) is 0. The normalized spacial score (nSPS) is 10.3. The number of anilines is 1. The van der Waals surface area contributed by atoms with E-state index in [1.165, 1.54) is 24.3 Å². The van der Waals surface area contributed by atoms with Crippen molar-refractivity contribution in [3.8, 4) is 5.75 Å². The second kappa shape index (κ2) is 7.57. The molecule has 0 radical (unpaired) electrons. The number of ether oxygens (including phenoxy) is 1. The lowest BCUT2D eigenvalue weighted by Gasteiger charge is -2.05. The highest BCUT2D eigenvalue weighted by molar-refractivity contribution is 6.02. The molecule has 1 aromatic heterocycles. The Morgan fingerprint density at radius 1 is 1.00 bits per heavy atom. The topological polar surface area (TPSA) is 88.8 Å². The highest BCUT2D eigenvalue weighted by atomic mass is 16.5. The van der Waals surface area contributed by atoms with E-state index in [0.29, 0.717) is 11.4 Å².